The Hall–Kier alpha value is -0.210. The van der Waals surface area contributed by atoms with Crippen LogP contribution in [0.25, 0.3) is 0 Å². The molecule has 1 atom stereocenters. The van der Waals surface area contributed by atoms with Crippen molar-refractivity contribution in [1.29, 1.82) is 0 Å². The van der Waals surface area contributed by atoms with Crippen LogP contribution >= 0.6 is 0 Å². The Kier molecular flexibility index (Phi) is 4.44. The zero-order valence-electron chi connectivity index (χ0n) is 14.5. The number of methoxy groups -OCH3 is 1. The molecule has 7 heteroatoms. The van der Waals surface area contributed by atoms with E-state index in [0.717, 1.165) is 51.7 Å². The molecule has 5 aliphatic rings. The van der Waals surface area contributed by atoms with Crippen LogP contribution in [0.2, 0.25) is 0 Å². The van der Waals surface area contributed by atoms with Crippen LogP contribution in [0.4, 0.5) is 0 Å². The van der Waals surface area contributed by atoms with E-state index in [1.807, 2.05) is 0 Å². The molecule has 1 unspecified atom stereocenters. The van der Waals surface area contributed by atoms with E-state index in [0.29, 0.717) is 25.6 Å². The smallest absolute Gasteiger partial charge is 0.216 e. The van der Waals surface area contributed by atoms with Gasteiger partial charge in [0.2, 0.25) is 10.0 Å². The summed E-state index contributed by atoms with van der Waals surface area (Å²) in [7, 11) is -1.57. The minimum Gasteiger partial charge on any atom is -0.381 e. The molecule has 0 radical (unpaired) electrons. The number of fused-ring (bicyclic) bond motifs is 2. The lowest BCUT2D eigenvalue weighted by atomic mass is 9.68. The van der Waals surface area contributed by atoms with Crippen LogP contribution in [0.1, 0.15) is 38.5 Å². The molecular weight excluding hydrogens is 330 g/mol. The van der Waals surface area contributed by atoms with Crippen molar-refractivity contribution in [3.05, 3.63) is 0 Å². The van der Waals surface area contributed by atoms with Crippen LogP contribution in [0, 0.1) is 11.3 Å². The van der Waals surface area contributed by atoms with E-state index < -0.39 is 10.0 Å². The van der Waals surface area contributed by atoms with Gasteiger partial charge in [0, 0.05) is 33.4 Å². The molecule has 0 aromatic heterocycles. The Morgan fingerprint density at radius 1 is 1.21 bits per heavy atom. The van der Waals surface area contributed by atoms with E-state index in [9.17, 15) is 8.42 Å². The van der Waals surface area contributed by atoms with Crippen molar-refractivity contribution in [2.24, 2.45) is 11.3 Å². The predicted molar refractivity (Wildman–Crippen MR) is 89.3 cm³/mol. The Morgan fingerprint density at radius 3 is 2.58 bits per heavy atom. The zero-order chi connectivity index (χ0) is 16.8. The van der Waals surface area contributed by atoms with E-state index in [2.05, 4.69) is 0 Å². The van der Waals surface area contributed by atoms with Gasteiger partial charge in [-0.3, -0.25) is 0 Å². The summed E-state index contributed by atoms with van der Waals surface area (Å²) in [6.45, 7) is 3.46. The average Bonchev–Trinajstić information content (AvgIpc) is 2.57. The third-order valence-electron chi connectivity index (χ3n) is 6.65. The first-order valence-corrected chi connectivity index (χ1v) is 10.8. The molecule has 138 valence electrons. The van der Waals surface area contributed by atoms with Gasteiger partial charge >= 0.3 is 0 Å². The number of hydrogen-bond donors (Lipinski definition) is 0. The second-order valence-electron chi connectivity index (χ2n) is 8.32. The van der Waals surface area contributed by atoms with Crippen molar-refractivity contribution < 1.29 is 22.6 Å². The Morgan fingerprint density at radius 2 is 1.96 bits per heavy atom. The maximum atomic E-state index is 12.8. The van der Waals surface area contributed by atoms with E-state index >= 15 is 0 Å². The molecule has 5 fully saturated rings. The van der Waals surface area contributed by atoms with Crippen LogP contribution in [0.5, 0.6) is 0 Å². The van der Waals surface area contributed by atoms with Crippen molar-refractivity contribution in [2.75, 3.05) is 45.8 Å². The van der Waals surface area contributed by atoms with Crippen molar-refractivity contribution >= 4 is 10.0 Å². The Labute approximate surface area is 144 Å². The number of piperidine rings is 2. The minimum atomic E-state index is -3.27. The highest BCUT2D eigenvalue weighted by Gasteiger charge is 2.53. The van der Waals surface area contributed by atoms with E-state index in [1.54, 1.807) is 11.4 Å². The van der Waals surface area contributed by atoms with E-state index in [1.165, 1.54) is 0 Å². The molecule has 1 aliphatic carbocycles. The molecule has 2 bridgehead atoms. The number of rotatable bonds is 4. The lowest BCUT2D eigenvalue weighted by Crippen LogP contribution is -2.63. The van der Waals surface area contributed by atoms with Gasteiger partial charge in [-0.05, 0) is 49.9 Å². The minimum absolute atomic E-state index is 0.117. The van der Waals surface area contributed by atoms with E-state index in [-0.39, 0.29) is 22.9 Å². The van der Waals surface area contributed by atoms with Gasteiger partial charge in [0.25, 0.3) is 0 Å². The summed E-state index contributed by atoms with van der Waals surface area (Å²) in [6, 6.07) is 0. The van der Waals surface area contributed by atoms with Gasteiger partial charge < -0.3 is 14.2 Å². The fourth-order valence-corrected chi connectivity index (χ4v) is 6.77. The van der Waals surface area contributed by atoms with Crippen LogP contribution in [0.15, 0.2) is 0 Å². The largest absolute Gasteiger partial charge is 0.381 e. The summed E-state index contributed by atoms with van der Waals surface area (Å²) >= 11 is 0. The molecule has 1 saturated carbocycles. The maximum absolute atomic E-state index is 12.8. The predicted octanol–water partition coefficient (Wildman–Crippen LogP) is 1.40. The summed E-state index contributed by atoms with van der Waals surface area (Å²) in [4.78, 5) is 0. The number of ether oxygens (including phenoxy) is 3. The SMILES string of the molecule is COC12CC(CN(S(=O)(=O)CC3CCC4(CCOCC4)CO3)C1)C2. The summed E-state index contributed by atoms with van der Waals surface area (Å²) < 4.78 is 44.3. The Balaban J connectivity index is 1.34. The van der Waals surface area contributed by atoms with Gasteiger partial charge in [0.15, 0.2) is 0 Å². The van der Waals surface area contributed by atoms with Crippen molar-refractivity contribution in [2.45, 2.75) is 50.2 Å². The molecule has 5 rings (SSSR count). The van der Waals surface area contributed by atoms with Crippen LogP contribution in [-0.4, -0.2) is 70.2 Å². The third-order valence-corrected chi connectivity index (χ3v) is 8.50. The summed E-state index contributed by atoms with van der Waals surface area (Å²) in [5.74, 6) is 0.581. The topological polar surface area (TPSA) is 65.1 Å². The van der Waals surface area contributed by atoms with Gasteiger partial charge in [-0.2, -0.15) is 4.31 Å². The molecule has 1 spiro atoms. The van der Waals surface area contributed by atoms with Gasteiger partial charge in [-0.15, -0.1) is 0 Å². The molecule has 0 aromatic rings. The van der Waals surface area contributed by atoms with Crippen LogP contribution < -0.4 is 0 Å². The molecule has 0 aromatic carbocycles. The maximum Gasteiger partial charge on any atom is 0.216 e. The molecule has 6 nitrogen and oxygen atoms in total. The fraction of sp³-hybridized carbons (Fsp3) is 1.00. The standard InChI is InChI=1S/C17H29NO5S/c1-21-17-8-14(9-17)10-18(12-17)24(19,20)11-15-2-3-16(13-23-15)4-6-22-7-5-16/h14-15H,2-13H2,1H3. The fourth-order valence-electron chi connectivity index (χ4n) is 4.96. The molecule has 24 heavy (non-hydrogen) atoms. The van der Waals surface area contributed by atoms with Gasteiger partial charge in [0.05, 0.1) is 24.1 Å². The van der Waals surface area contributed by atoms with Gasteiger partial charge in [-0.25, -0.2) is 8.42 Å². The third kappa shape index (κ3) is 3.14. The normalized spacial score (nSPS) is 39.5. The average molecular weight is 359 g/mol. The highest BCUT2D eigenvalue weighted by molar-refractivity contribution is 7.89. The molecule has 4 heterocycles. The quantitative estimate of drug-likeness (QED) is 0.759. The van der Waals surface area contributed by atoms with Gasteiger partial charge in [0.1, 0.15) is 0 Å². The molecular formula is C17H29NO5S. The number of hydrogen-bond acceptors (Lipinski definition) is 5. The van der Waals surface area contributed by atoms with Gasteiger partial charge in [-0.1, -0.05) is 0 Å². The summed E-state index contributed by atoms with van der Waals surface area (Å²) in [5.41, 5.74) is 0.000930. The highest BCUT2D eigenvalue weighted by Crippen LogP contribution is 2.46. The molecule has 4 saturated heterocycles. The van der Waals surface area contributed by atoms with Crippen LogP contribution in [0.3, 0.4) is 0 Å². The zero-order valence-corrected chi connectivity index (χ0v) is 15.4. The Bertz CT molecular complexity index is 556. The van der Waals surface area contributed by atoms with Crippen molar-refractivity contribution in [1.82, 2.24) is 4.31 Å². The number of sulfonamides is 1. The lowest BCUT2D eigenvalue weighted by molar-refractivity contribution is -0.144. The summed E-state index contributed by atoms with van der Waals surface area (Å²) in [5, 5.41) is 0. The lowest BCUT2D eigenvalue weighted by Gasteiger charge is -2.54. The van der Waals surface area contributed by atoms with Crippen molar-refractivity contribution in [3.63, 3.8) is 0 Å². The molecule has 4 aliphatic heterocycles. The molecule has 0 N–H and O–H groups in total. The highest BCUT2D eigenvalue weighted by atomic mass is 32.2. The second kappa shape index (κ2) is 6.20. The second-order valence-corrected chi connectivity index (χ2v) is 10.3. The molecule has 0 amide bonds. The van der Waals surface area contributed by atoms with Crippen LogP contribution in [-0.2, 0) is 24.2 Å². The monoisotopic (exact) mass is 359 g/mol. The summed E-state index contributed by atoms with van der Waals surface area (Å²) in [6.07, 6.45) is 5.81. The van der Waals surface area contributed by atoms with E-state index in [4.69, 9.17) is 14.2 Å². The first-order valence-electron chi connectivity index (χ1n) is 9.17. The first kappa shape index (κ1) is 17.2. The first-order chi connectivity index (χ1) is 11.4. The van der Waals surface area contributed by atoms with Crippen molar-refractivity contribution in [3.8, 4) is 0 Å². The number of nitrogens with zero attached hydrogens (tertiary/aromatic N) is 1.